The van der Waals surface area contributed by atoms with E-state index in [-0.39, 0.29) is 0 Å². The van der Waals surface area contributed by atoms with E-state index in [1.807, 2.05) is 13.0 Å². The molecule has 82 valence electrons. The Morgan fingerprint density at radius 3 is 3.13 bits per heavy atom. The molecule has 1 fully saturated rings. The Hall–Kier alpha value is -1.25. The lowest BCUT2D eigenvalue weighted by Crippen LogP contribution is -2.07. The van der Waals surface area contributed by atoms with Crippen molar-refractivity contribution in [1.82, 2.24) is 9.55 Å². The van der Waals surface area contributed by atoms with Crippen molar-refractivity contribution < 1.29 is 0 Å². The van der Waals surface area contributed by atoms with Gasteiger partial charge in [0, 0.05) is 19.3 Å². The summed E-state index contributed by atoms with van der Waals surface area (Å²) in [5, 5.41) is 3.26. The maximum Gasteiger partial charge on any atom is 0.203 e. The fraction of sp³-hybridized carbons (Fsp3) is 0.583. The maximum atomic E-state index is 4.45. The van der Waals surface area contributed by atoms with E-state index in [0.717, 1.165) is 30.6 Å². The molecule has 0 aliphatic heterocycles. The van der Waals surface area contributed by atoms with Crippen molar-refractivity contribution in [2.24, 2.45) is 5.92 Å². The van der Waals surface area contributed by atoms with Gasteiger partial charge in [-0.1, -0.05) is 18.9 Å². The van der Waals surface area contributed by atoms with Gasteiger partial charge in [-0.2, -0.15) is 0 Å². The molecule has 1 heterocycles. The summed E-state index contributed by atoms with van der Waals surface area (Å²) in [5.74, 6) is 1.95. The van der Waals surface area contributed by atoms with Crippen LogP contribution in [0.25, 0.3) is 0 Å². The molecule has 1 aliphatic carbocycles. The molecule has 2 rings (SSSR count). The first-order valence-corrected chi connectivity index (χ1v) is 5.68. The average molecular weight is 205 g/mol. The molecule has 1 N–H and O–H groups in total. The molecular weight excluding hydrogens is 186 g/mol. The van der Waals surface area contributed by atoms with Gasteiger partial charge in [0.1, 0.15) is 0 Å². The summed E-state index contributed by atoms with van der Waals surface area (Å²) in [4.78, 5) is 4.45. The fourth-order valence-corrected chi connectivity index (χ4v) is 1.75. The van der Waals surface area contributed by atoms with E-state index < -0.39 is 0 Å². The summed E-state index contributed by atoms with van der Waals surface area (Å²) in [6, 6.07) is 0. The van der Waals surface area contributed by atoms with Crippen LogP contribution in [0.2, 0.25) is 0 Å². The molecule has 0 aromatic carbocycles. The van der Waals surface area contributed by atoms with Gasteiger partial charge in [-0.25, -0.2) is 4.98 Å². The standard InChI is InChI=1S/C12H19N3/c1-3-7-13-12-14-10(2)9-15(12)8-6-11-4-5-11/h3,9,11H,1,4-8H2,2H3,(H,13,14). The molecule has 3 nitrogen and oxygen atoms in total. The summed E-state index contributed by atoms with van der Waals surface area (Å²) in [7, 11) is 0. The molecule has 0 atom stereocenters. The fourth-order valence-electron chi connectivity index (χ4n) is 1.75. The topological polar surface area (TPSA) is 29.9 Å². The molecule has 0 unspecified atom stereocenters. The third-order valence-electron chi connectivity index (χ3n) is 2.78. The average Bonchev–Trinajstić information content (AvgIpc) is 2.97. The van der Waals surface area contributed by atoms with Crippen LogP contribution >= 0.6 is 0 Å². The zero-order valence-electron chi connectivity index (χ0n) is 9.37. The van der Waals surface area contributed by atoms with Crippen molar-refractivity contribution in [1.29, 1.82) is 0 Å². The number of hydrogen-bond acceptors (Lipinski definition) is 2. The van der Waals surface area contributed by atoms with E-state index in [2.05, 4.69) is 27.6 Å². The Bertz CT molecular complexity index is 337. The van der Waals surface area contributed by atoms with Crippen LogP contribution in [0.4, 0.5) is 5.95 Å². The molecule has 1 aromatic heterocycles. The number of aromatic nitrogens is 2. The number of imidazole rings is 1. The Kier molecular flexibility index (Phi) is 3.09. The number of nitrogens with one attached hydrogen (secondary N) is 1. The highest BCUT2D eigenvalue weighted by molar-refractivity contribution is 5.29. The van der Waals surface area contributed by atoms with Crippen LogP contribution < -0.4 is 5.32 Å². The largest absolute Gasteiger partial charge is 0.352 e. The van der Waals surface area contributed by atoms with E-state index in [1.54, 1.807) is 0 Å². The Labute approximate surface area is 91.2 Å². The number of aryl methyl sites for hydroxylation is 2. The lowest BCUT2D eigenvalue weighted by molar-refractivity contribution is 0.600. The van der Waals surface area contributed by atoms with Gasteiger partial charge in [-0.15, -0.1) is 6.58 Å². The van der Waals surface area contributed by atoms with Crippen LogP contribution in [0.3, 0.4) is 0 Å². The molecule has 15 heavy (non-hydrogen) atoms. The Balaban J connectivity index is 1.95. The van der Waals surface area contributed by atoms with Crippen molar-refractivity contribution in [2.45, 2.75) is 32.7 Å². The number of hydrogen-bond donors (Lipinski definition) is 1. The number of rotatable bonds is 6. The van der Waals surface area contributed by atoms with Crippen LogP contribution in [-0.4, -0.2) is 16.1 Å². The van der Waals surface area contributed by atoms with Crippen molar-refractivity contribution >= 4 is 5.95 Å². The Morgan fingerprint density at radius 1 is 1.67 bits per heavy atom. The molecule has 0 amide bonds. The first kappa shape index (κ1) is 10.3. The zero-order chi connectivity index (χ0) is 10.7. The van der Waals surface area contributed by atoms with Gasteiger partial charge in [0.15, 0.2) is 0 Å². The second-order valence-electron chi connectivity index (χ2n) is 4.30. The molecule has 1 saturated carbocycles. The second-order valence-corrected chi connectivity index (χ2v) is 4.30. The van der Waals surface area contributed by atoms with Crippen molar-refractivity contribution in [3.8, 4) is 0 Å². The highest BCUT2D eigenvalue weighted by Gasteiger charge is 2.21. The highest BCUT2D eigenvalue weighted by atomic mass is 15.2. The van der Waals surface area contributed by atoms with Gasteiger partial charge < -0.3 is 9.88 Å². The predicted octanol–water partition coefficient (Wildman–Crippen LogP) is 2.59. The van der Waals surface area contributed by atoms with Crippen LogP contribution in [0.1, 0.15) is 25.0 Å². The summed E-state index contributed by atoms with van der Waals surface area (Å²) in [5.41, 5.74) is 1.08. The van der Waals surface area contributed by atoms with Crippen LogP contribution in [0.5, 0.6) is 0 Å². The molecule has 0 bridgehead atoms. The third-order valence-corrected chi connectivity index (χ3v) is 2.78. The van der Waals surface area contributed by atoms with Gasteiger partial charge in [-0.3, -0.25) is 0 Å². The molecule has 0 spiro atoms. The second kappa shape index (κ2) is 4.51. The van der Waals surface area contributed by atoms with Gasteiger partial charge in [-0.05, 0) is 19.3 Å². The minimum Gasteiger partial charge on any atom is -0.352 e. The normalized spacial score (nSPS) is 15.3. The molecular formula is C12H19N3. The molecule has 3 heteroatoms. The molecule has 1 aromatic rings. The third kappa shape index (κ3) is 2.85. The zero-order valence-corrected chi connectivity index (χ0v) is 9.37. The molecule has 1 aliphatic rings. The van der Waals surface area contributed by atoms with Gasteiger partial charge in [0.2, 0.25) is 5.95 Å². The van der Waals surface area contributed by atoms with Crippen molar-refractivity contribution in [2.75, 3.05) is 11.9 Å². The van der Waals surface area contributed by atoms with E-state index in [9.17, 15) is 0 Å². The van der Waals surface area contributed by atoms with E-state index in [1.165, 1.54) is 19.3 Å². The monoisotopic (exact) mass is 205 g/mol. The highest BCUT2D eigenvalue weighted by Crippen LogP contribution is 2.33. The summed E-state index contributed by atoms with van der Waals surface area (Å²) in [6.45, 7) is 7.60. The smallest absolute Gasteiger partial charge is 0.203 e. The predicted molar refractivity (Wildman–Crippen MR) is 63.0 cm³/mol. The van der Waals surface area contributed by atoms with Gasteiger partial charge >= 0.3 is 0 Å². The summed E-state index contributed by atoms with van der Waals surface area (Å²) < 4.78 is 2.22. The summed E-state index contributed by atoms with van der Waals surface area (Å²) >= 11 is 0. The van der Waals surface area contributed by atoms with Gasteiger partial charge in [0.25, 0.3) is 0 Å². The number of nitrogens with zero attached hydrogens (tertiary/aromatic N) is 2. The first-order chi connectivity index (χ1) is 7.29. The van der Waals surface area contributed by atoms with E-state index >= 15 is 0 Å². The molecule has 0 radical (unpaired) electrons. The van der Waals surface area contributed by atoms with Crippen LogP contribution in [0.15, 0.2) is 18.9 Å². The minimum atomic E-state index is 0.778. The summed E-state index contributed by atoms with van der Waals surface area (Å²) in [6.07, 6.45) is 8.10. The maximum absolute atomic E-state index is 4.45. The number of anilines is 1. The quantitative estimate of drug-likeness (QED) is 0.723. The van der Waals surface area contributed by atoms with E-state index in [0.29, 0.717) is 0 Å². The van der Waals surface area contributed by atoms with E-state index in [4.69, 9.17) is 0 Å². The molecule has 0 saturated heterocycles. The van der Waals surface area contributed by atoms with Crippen LogP contribution in [0, 0.1) is 12.8 Å². The Morgan fingerprint density at radius 2 is 2.47 bits per heavy atom. The lowest BCUT2D eigenvalue weighted by Gasteiger charge is -2.07. The SMILES string of the molecule is C=CCNc1nc(C)cn1CCC1CC1. The minimum absolute atomic E-state index is 0.778. The lowest BCUT2D eigenvalue weighted by atomic mass is 10.3. The van der Waals surface area contributed by atoms with Crippen molar-refractivity contribution in [3.63, 3.8) is 0 Å². The van der Waals surface area contributed by atoms with Crippen molar-refractivity contribution in [3.05, 3.63) is 24.5 Å². The first-order valence-electron chi connectivity index (χ1n) is 5.68. The van der Waals surface area contributed by atoms with Crippen LogP contribution in [-0.2, 0) is 6.54 Å². The van der Waals surface area contributed by atoms with Gasteiger partial charge in [0.05, 0.1) is 5.69 Å².